The zero-order chi connectivity index (χ0) is 11.8. The minimum absolute atomic E-state index is 0.667. The molecule has 0 saturated heterocycles. The zero-order valence-electron chi connectivity index (χ0n) is 8.63. The third-order valence-electron chi connectivity index (χ3n) is 3.29. The third kappa shape index (κ3) is 2.09. The van der Waals surface area contributed by atoms with Gasteiger partial charge in [-0.1, -0.05) is 19.3 Å². The maximum absolute atomic E-state index is 11.6. The summed E-state index contributed by atoms with van der Waals surface area (Å²) in [4.78, 5) is 11.6. The van der Waals surface area contributed by atoms with Crippen LogP contribution in [-0.2, 0) is 10.2 Å². The molecule has 1 N–H and O–H groups in total. The van der Waals surface area contributed by atoms with Crippen molar-refractivity contribution in [1.82, 2.24) is 0 Å². The quantitative estimate of drug-likeness (QED) is 0.831. The summed E-state index contributed by atoms with van der Waals surface area (Å²) >= 11 is 8.45. The number of thiophene rings is 1. The number of halogens is 2. The highest BCUT2D eigenvalue weighted by molar-refractivity contribution is 9.12. The minimum atomic E-state index is -0.682. The van der Waals surface area contributed by atoms with Gasteiger partial charge in [0.15, 0.2) is 0 Å². The van der Waals surface area contributed by atoms with E-state index in [2.05, 4.69) is 31.9 Å². The summed E-state index contributed by atoms with van der Waals surface area (Å²) in [6.45, 7) is 0. The Bertz CT molecular complexity index is 408. The number of carbonyl (C=O) groups is 1. The maximum Gasteiger partial charge on any atom is 0.314 e. The second kappa shape index (κ2) is 4.78. The molecular formula is C11H12Br2O2S. The lowest BCUT2D eigenvalue weighted by atomic mass is 9.70. The van der Waals surface area contributed by atoms with Gasteiger partial charge in [-0.3, -0.25) is 4.79 Å². The van der Waals surface area contributed by atoms with Crippen molar-refractivity contribution in [2.45, 2.75) is 37.5 Å². The zero-order valence-corrected chi connectivity index (χ0v) is 12.6. The molecule has 1 aromatic rings. The Kier molecular flexibility index (Phi) is 3.76. The van der Waals surface area contributed by atoms with Crippen LogP contribution in [0.1, 0.15) is 37.7 Å². The lowest BCUT2D eigenvalue weighted by molar-refractivity contribution is -0.145. The van der Waals surface area contributed by atoms with Crippen LogP contribution in [0.4, 0.5) is 0 Å². The molecule has 1 aliphatic rings. The topological polar surface area (TPSA) is 37.3 Å². The molecule has 1 aliphatic carbocycles. The third-order valence-corrected chi connectivity index (χ3v) is 5.63. The number of hydrogen-bond donors (Lipinski definition) is 1. The lowest BCUT2D eigenvalue weighted by Gasteiger charge is -2.33. The first-order chi connectivity index (χ1) is 7.56. The summed E-state index contributed by atoms with van der Waals surface area (Å²) in [6.07, 6.45) is 4.67. The van der Waals surface area contributed by atoms with Crippen molar-refractivity contribution in [1.29, 1.82) is 0 Å². The van der Waals surface area contributed by atoms with E-state index in [-0.39, 0.29) is 0 Å². The highest BCUT2D eigenvalue weighted by Gasteiger charge is 2.43. The number of rotatable bonds is 2. The Morgan fingerprint density at radius 1 is 1.31 bits per heavy atom. The van der Waals surface area contributed by atoms with Crippen molar-refractivity contribution in [3.8, 4) is 0 Å². The fourth-order valence-corrected chi connectivity index (χ4v) is 5.52. The van der Waals surface area contributed by atoms with Gasteiger partial charge in [0.1, 0.15) is 0 Å². The van der Waals surface area contributed by atoms with E-state index < -0.39 is 11.4 Å². The molecule has 0 aromatic carbocycles. The molecule has 2 rings (SSSR count). The maximum atomic E-state index is 11.6. The van der Waals surface area contributed by atoms with Crippen molar-refractivity contribution in [2.75, 3.05) is 0 Å². The van der Waals surface area contributed by atoms with Gasteiger partial charge in [0.2, 0.25) is 0 Å². The fraction of sp³-hybridized carbons (Fsp3) is 0.545. The van der Waals surface area contributed by atoms with E-state index in [9.17, 15) is 9.90 Å². The monoisotopic (exact) mass is 366 g/mol. The summed E-state index contributed by atoms with van der Waals surface area (Å²) in [5, 5.41) is 9.54. The normalized spacial score (nSPS) is 19.6. The van der Waals surface area contributed by atoms with Crippen LogP contribution < -0.4 is 0 Å². The van der Waals surface area contributed by atoms with Gasteiger partial charge in [0.05, 0.1) is 13.0 Å². The highest BCUT2D eigenvalue weighted by atomic mass is 79.9. The Morgan fingerprint density at radius 3 is 2.38 bits per heavy atom. The summed E-state index contributed by atoms with van der Waals surface area (Å²) in [5.74, 6) is -0.682. The molecule has 0 bridgehead atoms. The lowest BCUT2D eigenvalue weighted by Crippen LogP contribution is -2.37. The molecule has 0 unspecified atom stereocenters. The van der Waals surface area contributed by atoms with E-state index in [0.29, 0.717) is 0 Å². The van der Waals surface area contributed by atoms with Crippen molar-refractivity contribution < 1.29 is 9.90 Å². The number of aliphatic carboxylic acids is 1. The van der Waals surface area contributed by atoms with Crippen molar-refractivity contribution >= 4 is 49.2 Å². The molecule has 0 spiro atoms. The molecule has 1 heterocycles. The predicted molar refractivity (Wildman–Crippen MR) is 72.1 cm³/mol. The van der Waals surface area contributed by atoms with E-state index in [1.807, 2.05) is 6.07 Å². The molecule has 0 radical (unpaired) electrons. The second-order valence-corrected chi connectivity index (χ2v) is 7.94. The Balaban J connectivity index is 2.46. The van der Waals surface area contributed by atoms with Crippen LogP contribution in [-0.4, -0.2) is 11.1 Å². The van der Waals surface area contributed by atoms with Gasteiger partial charge in [-0.05, 0) is 56.3 Å². The summed E-state index contributed by atoms with van der Waals surface area (Å²) in [6, 6.07) is 1.95. The van der Waals surface area contributed by atoms with Gasteiger partial charge in [-0.2, -0.15) is 0 Å². The van der Waals surface area contributed by atoms with E-state index in [1.165, 1.54) is 0 Å². The Morgan fingerprint density at radius 2 is 1.94 bits per heavy atom. The van der Waals surface area contributed by atoms with Gasteiger partial charge >= 0.3 is 5.97 Å². The van der Waals surface area contributed by atoms with E-state index in [1.54, 1.807) is 11.3 Å². The molecule has 0 amide bonds. The van der Waals surface area contributed by atoms with Gasteiger partial charge < -0.3 is 5.11 Å². The average molecular weight is 368 g/mol. The van der Waals surface area contributed by atoms with Crippen LogP contribution in [0.25, 0.3) is 0 Å². The molecule has 88 valence electrons. The van der Waals surface area contributed by atoms with Crippen LogP contribution >= 0.6 is 43.2 Å². The first kappa shape index (κ1) is 12.6. The van der Waals surface area contributed by atoms with E-state index >= 15 is 0 Å². The molecule has 2 nitrogen and oxygen atoms in total. The Hall–Kier alpha value is 0.130. The highest BCUT2D eigenvalue weighted by Crippen LogP contribution is 2.46. The number of carboxylic acids is 1. The van der Waals surface area contributed by atoms with Crippen molar-refractivity contribution in [3.63, 3.8) is 0 Å². The van der Waals surface area contributed by atoms with Gasteiger partial charge in [0.25, 0.3) is 0 Å². The first-order valence-electron chi connectivity index (χ1n) is 5.25. The molecule has 1 saturated carbocycles. The number of carboxylic acid groups (broad SMARTS) is 1. The summed E-state index contributed by atoms with van der Waals surface area (Å²) < 4.78 is 1.93. The van der Waals surface area contributed by atoms with Gasteiger partial charge in [-0.15, -0.1) is 11.3 Å². The van der Waals surface area contributed by atoms with Crippen molar-refractivity contribution in [2.24, 2.45) is 0 Å². The molecule has 0 atom stereocenters. The molecule has 1 fully saturated rings. The Labute approximate surface area is 115 Å². The first-order valence-corrected chi connectivity index (χ1v) is 7.65. The van der Waals surface area contributed by atoms with Crippen LogP contribution in [0.2, 0.25) is 0 Å². The fourth-order valence-electron chi connectivity index (χ4n) is 2.42. The van der Waals surface area contributed by atoms with Gasteiger partial charge in [0, 0.05) is 0 Å². The molecule has 16 heavy (non-hydrogen) atoms. The van der Waals surface area contributed by atoms with Gasteiger partial charge in [-0.25, -0.2) is 0 Å². The number of hydrogen-bond acceptors (Lipinski definition) is 2. The summed E-state index contributed by atoms with van der Waals surface area (Å²) in [5.41, 5.74) is 0.274. The largest absolute Gasteiger partial charge is 0.481 e. The molecule has 5 heteroatoms. The minimum Gasteiger partial charge on any atom is -0.481 e. The van der Waals surface area contributed by atoms with Crippen LogP contribution in [0.15, 0.2) is 13.6 Å². The van der Waals surface area contributed by atoms with E-state index in [4.69, 9.17) is 0 Å². The smallest absolute Gasteiger partial charge is 0.314 e. The average Bonchev–Trinajstić information content (AvgIpc) is 2.59. The van der Waals surface area contributed by atoms with Crippen molar-refractivity contribution in [3.05, 3.63) is 19.2 Å². The second-order valence-electron chi connectivity index (χ2n) is 4.19. The molecular weight excluding hydrogens is 356 g/mol. The summed E-state index contributed by atoms with van der Waals surface area (Å²) in [7, 11) is 0. The predicted octanol–water partition coefficient (Wildman–Crippen LogP) is 4.56. The molecule has 0 aliphatic heterocycles. The van der Waals surface area contributed by atoms with Crippen LogP contribution in [0.5, 0.6) is 0 Å². The molecule has 1 aromatic heterocycles. The van der Waals surface area contributed by atoms with Crippen LogP contribution in [0.3, 0.4) is 0 Å². The van der Waals surface area contributed by atoms with Crippen LogP contribution in [0, 0.1) is 0 Å². The standard InChI is InChI=1S/C11H12Br2O2S/c12-8-6-7(9(13)16-8)11(10(14)15)4-2-1-3-5-11/h6H,1-5H2,(H,14,15). The SMILES string of the molecule is O=C(O)C1(c2cc(Br)sc2Br)CCCCC1. The van der Waals surface area contributed by atoms with E-state index in [0.717, 1.165) is 45.2 Å².